The fourth-order valence-corrected chi connectivity index (χ4v) is 3.56. The van der Waals surface area contributed by atoms with Gasteiger partial charge < -0.3 is 14.4 Å². The van der Waals surface area contributed by atoms with Gasteiger partial charge in [0.25, 0.3) is 5.91 Å². The van der Waals surface area contributed by atoms with Crippen LogP contribution in [-0.2, 0) is 14.3 Å². The highest BCUT2D eigenvalue weighted by atomic mass is 35.5. The quantitative estimate of drug-likeness (QED) is 0.678. The van der Waals surface area contributed by atoms with Crippen LogP contribution >= 0.6 is 11.6 Å². The van der Waals surface area contributed by atoms with Gasteiger partial charge in [0, 0.05) is 31.2 Å². The number of hydrazone groups is 1. The summed E-state index contributed by atoms with van der Waals surface area (Å²) in [7, 11) is 4.60. The van der Waals surface area contributed by atoms with Crippen molar-refractivity contribution in [2.75, 3.05) is 34.4 Å². The van der Waals surface area contributed by atoms with E-state index >= 15 is 0 Å². The first kappa shape index (κ1) is 21.8. The molecule has 0 bridgehead atoms. The largest absolute Gasteiger partial charge is 0.497 e. The molecule has 30 heavy (non-hydrogen) atoms. The van der Waals surface area contributed by atoms with Gasteiger partial charge >= 0.3 is 0 Å². The van der Waals surface area contributed by atoms with E-state index in [1.165, 1.54) is 17.0 Å². The zero-order chi connectivity index (χ0) is 21.7. The number of benzene rings is 2. The molecule has 0 aliphatic carbocycles. The third-order valence-corrected chi connectivity index (χ3v) is 5.24. The Hall–Kier alpha value is -2.90. The van der Waals surface area contributed by atoms with Gasteiger partial charge in [0.1, 0.15) is 18.9 Å². The molecule has 0 unspecified atom stereocenters. The highest BCUT2D eigenvalue weighted by Crippen LogP contribution is 2.36. The Balaban J connectivity index is 1.91. The predicted molar refractivity (Wildman–Crippen MR) is 115 cm³/mol. The second-order valence-electron chi connectivity index (χ2n) is 6.94. The van der Waals surface area contributed by atoms with Crippen LogP contribution in [0.2, 0.25) is 5.02 Å². The fraction of sp³-hybridized carbons (Fsp3) is 0.318. The first-order valence-corrected chi connectivity index (χ1v) is 9.83. The minimum atomic E-state index is -0.363. The molecule has 1 heterocycles. The molecule has 0 radical (unpaired) electrons. The molecule has 0 N–H and O–H groups in total. The third kappa shape index (κ3) is 4.80. The molecule has 1 aliphatic heterocycles. The van der Waals surface area contributed by atoms with Crippen molar-refractivity contribution < 1.29 is 19.1 Å². The lowest BCUT2D eigenvalue weighted by Gasteiger charge is -2.25. The van der Waals surface area contributed by atoms with Crippen molar-refractivity contribution in [3.8, 4) is 5.75 Å². The summed E-state index contributed by atoms with van der Waals surface area (Å²) in [5.41, 5.74) is 2.42. The Morgan fingerprint density at radius 2 is 1.97 bits per heavy atom. The van der Waals surface area contributed by atoms with Crippen molar-refractivity contribution in [2.24, 2.45) is 5.10 Å². The molecular formula is C22H24ClN3O4. The Morgan fingerprint density at radius 3 is 2.67 bits per heavy atom. The second kappa shape index (κ2) is 9.73. The van der Waals surface area contributed by atoms with Gasteiger partial charge in [-0.3, -0.25) is 9.59 Å². The zero-order valence-corrected chi connectivity index (χ0v) is 17.9. The van der Waals surface area contributed by atoms with E-state index in [-0.39, 0.29) is 31.0 Å². The molecule has 2 aromatic rings. The lowest BCUT2D eigenvalue weighted by Crippen LogP contribution is -2.40. The summed E-state index contributed by atoms with van der Waals surface area (Å²) in [5, 5.41) is 6.59. The lowest BCUT2D eigenvalue weighted by atomic mass is 9.98. The molecule has 0 spiro atoms. The van der Waals surface area contributed by atoms with Crippen molar-refractivity contribution in [1.29, 1.82) is 0 Å². The number of hydrogen-bond donors (Lipinski definition) is 0. The van der Waals surface area contributed by atoms with Gasteiger partial charge in [0.05, 0.1) is 18.9 Å². The number of ether oxygens (including phenoxy) is 2. The van der Waals surface area contributed by atoms with Crippen LogP contribution < -0.4 is 4.74 Å². The van der Waals surface area contributed by atoms with E-state index in [1.54, 1.807) is 20.2 Å². The van der Waals surface area contributed by atoms with Crippen molar-refractivity contribution in [3.05, 3.63) is 64.7 Å². The summed E-state index contributed by atoms with van der Waals surface area (Å²) >= 11 is 6.42. The van der Waals surface area contributed by atoms with Gasteiger partial charge in [-0.05, 0) is 23.8 Å². The number of carbonyl (C=O) groups excluding carboxylic acids is 2. The maximum absolute atomic E-state index is 13.1. The summed E-state index contributed by atoms with van der Waals surface area (Å²) in [5.74, 6) is 0.125. The molecule has 1 aliphatic rings. The van der Waals surface area contributed by atoms with Crippen LogP contribution in [0.1, 0.15) is 23.6 Å². The molecule has 8 heteroatoms. The Kier molecular flexibility index (Phi) is 7.07. The van der Waals surface area contributed by atoms with Gasteiger partial charge in [-0.1, -0.05) is 41.9 Å². The van der Waals surface area contributed by atoms with E-state index in [9.17, 15) is 9.59 Å². The number of hydrogen-bond acceptors (Lipinski definition) is 5. The first-order chi connectivity index (χ1) is 14.4. The number of rotatable bonds is 7. The second-order valence-corrected chi connectivity index (χ2v) is 7.35. The SMILES string of the molecule is COCC(=O)N(C)CC(=O)N1N=C(c2cccc(OC)c2)C[C@H]1c1ccccc1Cl. The van der Waals surface area contributed by atoms with Crippen LogP contribution in [0.25, 0.3) is 0 Å². The number of carbonyl (C=O) groups is 2. The minimum absolute atomic E-state index is 0.0873. The van der Waals surface area contributed by atoms with E-state index in [0.717, 1.165) is 16.8 Å². The maximum Gasteiger partial charge on any atom is 0.262 e. The fourth-order valence-electron chi connectivity index (χ4n) is 3.30. The summed E-state index contributed by atoms with van der Waals surface area (Å²) in [6, 6.07) is 14.6. The number of likely N-dealkylation sites (N-methyl/N-ethyl adjacent to an activating group) is 1. The Bertz CT molecular complexity index is 963. The van der Waals surface area contributed by atoms with E-state index in [2.05, 4.69) is 5.10 Å². The minimum Gasteiger partial charge on any atom is -0.497 e. The van der Waals surface area contributed by atoms with Gasteiger partial charge in [0.15, 0.2) is 0 Å². The van der Waals surface area contributed by atoms with Crippen LogP contribution in [0.3, 0.4) is 0 Å². The normalized spacial score (nSPS) is 15.7. The molecule has 1 atom stereocenters. The van der Waals surface area contributed by atoms with Crippen molar-refractivity contribution in [1.82, 2.24) is 9.91 Å². The molecule has 0 fully saturated rings. The van der Waals surface area contributed by atoms with Gasteiger partial charge in [-0.15, -0.1) is 0 Å². The molecular weight excluding hydrogens is 406 g/mol. The van der Waals surface area contributed by atoms with Gasteiger partial charge in [-0.2, -0.15) is 5.10 Å². The monoisotopic (exact) mass is 429 g/mol. The molecule has 158 valence electrons. The lowest BCUT2D eigenvalue weighted by molar-refractivity contribution is -0.142. The molecule has 0 saturated heterocycles. The zero-order valence-electron chi connectivity index (χ0n) is 17.2. The van der Waals surface area contributed by atoms with Gasteiger partial charge in [0.2, 0.25) is 5.91 Å². The van der Waals surface area contributed by atoms with Crippen LogP contribution in [0.15, 0.2) is 53.6 Å². The Labute approximate surface area is 180 Å². The number of halogens is 1. The van der Waals surface area contributed by atoms with E-state index < -0.39 is 0 Å². The molecule has 0 aromatic heterocycles. The summed E-state index contributed by atoms with van der Waals surface area (Å²) < 4.78 is 10.2. The van der Waals surface area contributed by atoms with Crippen LogP contribution in [0.4, 0.5) is 0 Å². The summed E-state index contributed by atoms with van der Waals surface area (Å²) in [6.45, 7) is -0.200. The molecule has 2 aromatic carbocycles. The van der Waals surface area contributed by atoms with Crippen molar-refractivity contribution >= 4 is 29.1 Å². The number of nitrogens with zero attached hydrogens (tertiary/aromatic N) is 3. The van der Waals surface area contributed by atoms with Crippen LogP contribution in [0, 0.1) is 0 Å². The first-order valence-electron chi connectivity index (χ1n) is 9.46. The summed E-state index contributed by atoms with van der Waals surface area (Å²) in [4.78, 5) is 26.4. The third-order valence-electron chi connectivity index (χ3n) is 4.90. The van der Waals surface area contributed by atoms with Crippen LogP contribution in [-0.4, -0.2) is 61.9 Å². The average Bonchev–Trinajstić information content (AvgIpc) is 3.19. The highest BCUT2D eigenvalue weighted by molar-refractivity contribution is 6.31. The van der Waals surface area contributed by atoms with E-state index in [1.807, 2.05) is 42.5 Å². The average molecular weight is 430 g/mol. The maximum atomic E-state index is 13.1. The summed E-state index contributed by atoms with van der Waals surface area (Å²) in [6.07, 6.45) is 0.498. The highest BCUT2D eigenvalue weighted by Gasteiger charge is 2.35. The molecule has 7 nitrogen and oxygen atoms in total. The molecule has 0 saturated carbocycles. The molecule has 2 amide bonds. The van der Waals surface area contributed by atoms with Crippen molar-refractivity contribution in [3.63, 3.8) is 0 Å². The standard InChI is InChI=1S/C22H24ClN3O4/c1-25(22(28)14-29-2)13-21(27)26-20(17-9-4-5-10-18(17)23)12-19(24-26)15-7-6-8-16(11-15)30-3/h4-11,20H,12-14H2,1-3H3/t20-/m0/s1. The van der Waals surface area contributed by atoms with E-state index in [4.69, 9.17) is 21.1 Å². The Morgan fingerprint density at radius 1 is 1.20 bits per heavy atom. The van der Waals surface area contributed by atoms with E-state index in [0.29, 0.717) is 17.2 Å². The van der Waals surface area contributed by atoms with Crippen LogP contribution in [0.5, 0.6) is 5.75 Å². The van der Waals surface area contributed by atoms with Crippen molar-refractivity contribution in [2.45, 2.75) is 12.5 Å². The van der Waals surface area contributed by atoms with Gasteiger partial charge in [-0.25, -0.2) is 5.01 Å². The predicted octanol–water partition coefficient (Wildman–Crippen LogP) is 3.13. The smallest absolute Gasteiger partial charge is 0.262 e. The number of methoxy groups -OCH3 is 2. The number of amides is 2. The molecule has 3 rings (SSSR count). The topological polar surface area (TPSA) is 71.4 Å².